The zero-order chi connectivity index (χ0) is 19.9. The van der Waals surface area contributed by atoms with Gasteiger partial charge in [-0.15, -0.1) is 24.8 Å². The first-order valence-electron chi connectivity index (χ1n) is 9.98. The van der Waals surface area contributed by atoms with E-state index in [0.717, 1.165) is 38.5 Å². The molecule has 1 aromatic carbocycles. The van der Waals surface area contributed by atoms with Crippen LogP contribution in [0.5, 0.6) is 11.6 Å². The van der Waals surface area contributed by atoms with E-state index in [9.17, 15) is 4.79 Å². The number of hydrogen-bond acceptors (Lipinski definition) is 5. The molecule has 6 nitrogen and oxygen atoms in total. The lowest BCUT2D eigenvalue weighted by atomic mass is 9.98. The molecular formula is C22H32Cl2N4O2. The molecule has 2 N–H and O–H groups in total. The van der Waals surface area contributed by atoms with Crippen molar-refractivity contribution in [3.05, 3.63) is 53.2 Å². The minimum Gasteiger partial charge on any atom is -0.439 e. The van der Waals surface area contributed by atoms with Gasteiger partial charge in [-0.25, -0.2) is 4.98 Å². The van der Waals surface area contributed by atoms with Crippen LogP contribution in [-0.4, -0.2) is 55.1 Å². The highest BCUT2D eigenvalue weighted by Gasteiger charge is 2.11. The molecule has 0 atom stereocenters. The maximum Gasteiger partial charge on any atom is 0.252 e. The number of aryl methyl sites for hydroxylation is 1. The van der Waals surface area contributed by atoms with E-state index in [1.807, 2.05) is 12.1 Å². The van der Waals surface area contributed by atoms with Crippen molar-refractivity contribution >= 4 is 30.7 Å². The highest BCUT2D eigenvalue weighted by molar-refractivity contribution is 5.93. The largest absolute Gasteiger partial charge is 0.439 e. The van der Waals surface area contributed by atoms with Crippen LogP contribution in [0.4, 0.5) is 0 Å². The molecule has 0 bridgehead atoms. The van der Waals surface area contributed by atoms with Gasteiger partial charge in [-0.2, -0.15) is 0 Å². The van der Waals surface area contributed by atoms with Crippen LogP contribution in [-0.2, 0) is 0 Å². The van der Waals surface area contributed by atoms with Gasteiger partial charge in [0.25, 0.3) is 5.91 Å². The number of amides is 1. The molecular weight excluding hydrogens is 423 g/mol. The van der Waals surface area contributed by atoms with Gasteiger partial charge >= 0.3 is 0 Å². The van der Waals surface area contributed by atoms with Crippen LogP contribution >= 0.6 is 24.8 Å². The SMILES string of the molecule is Cc1cc(Oc2ccc(C(=O)NCCN3CCNCC3)cn2)ccc1C(C)C.Cl.Cl. The number of halogens is 2. The fourth-order valence-corrected chi connectivity index (χ4v) is 3.42. The third-order valence-electron chi connectivity index (χ3n) is 5.01. The van der Waals surface area contributed by atoms with Crippen LogP contribution in [0.3, 0.4) is 0 Å². The number of piperazine rings is 1. The Labute approximate surface area is 191 Å². The molecule has 1 aromatic heterocycles. The number of hydrogen-bond donors (Lipinski definition) is 2. The number of ether oxygens (including phenoxy) is 1. The maximum atomic E-state index is 12.3. The highest BCUT2D eigenvalue weighted by Crippen LogP contribution is 2.26. The molecule has 0 saturated carbocycles. The zero-order valence-corrected chi connectivity index (χ0v) is 19.4. The van der Waals surface area contributed by atoms with E-state index in [-0.39, 0.29) is 30.7 Å². The number of benzene rings is 1. The van der Waals surface area contributed by atoms with Crippen LogP contribution in [0.25, 0.3) is 0 Å². The summed E-state index contributed by atoms with van der Waals surface area (Å²) in [5, 5.41) is 6.28. The Hall–Kier alpha value is -1.86. The molecule has 1 aliphatic rings. The predicted molar refractivity (Wildman–Crippen MR) is 126 cm³/mol. The molecule has 0 unspecified atom stereocenters. The molecule has 3 rings (SSSR count). The Morgan fingerprint density at radius 3 is 2.53 bits per heavy atom. The first-order valence-corrected chi connectivity index (χ1v) is 9.98. The van der Waals surface area contributed by atoms with Crippen molar-refractivity contribution in [1.29, 1.82) is 0 Å². The molecule has 2 heterocycles. The van der Waals surface area contributed by atoms with Gasteiger partial charge in [0.05, 0.1) is 5.56 Å². The lowest BCUT2D eigenvalue weighted by Crippen LogP contribution is -2.46. The number of nitrogens with one attached hydrogen (secondary N) is 2. The van der Waals surface area contributed by atoms with Crippen LogP contribution in [0, 0.1) is 6.92 Å². The zero-order valence-electron chi connectivity index (χ0n) is 17.8. The van der Waals surface area contributed by atoms with Crippen molar-refractivity contribution in [2.24, 2.45) is 0 Å². The van der Waals surface area contributed by atoms with E-state index < -0.39 is 0 Å². The summed E-state index contributed by atoms with van der Waals surface area (Å²) < 4.78 is 5.83. The average Bonchev–Trinajstić information content (AvgIpc) is 2.69. The molecule has 1 fully saturated rings. The maximum absolute atomic E-state index is 12.3. The fourth-order valence-electron chi connectivity index (χ4n) is 3.42. The summed E-state index contributed by atoms with van der Waals surface area (Å²) in [5.74, 6) is 1.61. The monoisotopic (exact) mass is 454 g/mol. The lowest BCUT2D eigenvalue weighted by molar-refractivity contribution is 0.0947. The van der Waals surface area contributed by atoms with E-state index in [0.29, 0.717) is 23.9 Å². The number of carbonyl (C=O) groups is 1. The van der Waals surface area contributed by atoms with Crippen molar-refractivity contribution in [2.75, 3.05) is 39.3 Å². The average molecular weight is 455 g/mol. The number of carbonyl (C=O) groups excluding carboxylic acids is 1. The van der Waals surface area contributed by atoms with Crippen molar-refractivity contribution in [1.82, 2.24) is 20.5 Å². The lowest BCUT2D eigenvalue weighted by Gasteiger charge is -2.27. The molecule has 0 spiro atoms. The highest BCUT2D eigenvalue weighted by atomic mass is 35.5. The Morgan fingerprint density at radius 1 is 1.20 bits per heavy atom. The molecule has 1 saturated heterocycles. The van der Waals surface area contributed by atoms with E-state index in [4.69, 9.17) is 4.74 Å². The Kier molecular flexibility index (Phi) is 11.1. The van der Waals surface area contributed by atoms with Gasteiger partial charge in [0.15, 0.2) is 0 Å². The second-order valence-electron chi connectivity index (χ2n) is 7.51. The van der Waals surface area contributed by atoms with E-state index in [1.165, 1.54) is 11.1 Å². The van der Waals surface area contributed by atoms with Crippen LogP contribution in [0.2, 0.25) is 0 Å². The van der Waals surface area contributed by atoms with Gasteiger partial charge in [-0.1, -0.05) is 19.9 Å². The molecule has 166 valence electrons. The Bertz CT molecular complexity index is 794. The molecule has 0 aliphatic carbocycles. The summed E-state index contributed by atoms with van der Waals surface area (Å²) in [4.78, 5) is 18.9. The summed E-state index contributed by atoms with van der Waals surface area (Å²) in [6, 6.07) is 9.55. The van der Waals surface area contributed by atoms with Gasteiger partial charge in [0.2, 0.25) is 5.88 Å². The van der Waals surface area contributed by atoms with Gasteiger partial charge < -0.3 is 15.4 Å². The van der Waals surface area contributed by atoms with Gasteiger partial charge in [-0.05, 0) is 42.2 Å². The number of aromatic nitrogens is 1. The Morgan fingerprint density at radius 2 is 1.93 bits per heavy atom. The standard InChI is InChI=1S/C22H30N4O2.2ClH/c1-16(2)20-6-5-19(14-17(20)3)28-21-7-4-18(15-25-21)22(27)24-10-13-26-11-8-23-9-12-26;;/h4-7,14-16,23H,8-13H2,1-3H3,(H,24,27);2*1H. The number of pyridine rings is 1. The summed E-state index contributed by atoms with van der Waals surface area (Å²) in [6.45, 7) is 12.0. The quantitative estimate of drug-likeness (QED) is 0.665. The number of nitrogens with zero attached hydrogens (tertiary/aromatic N) is 2. The van der Waals surface area contributed by atoms with E-state index in [2.05, 4.69) is 47.4 Å². The minimum atomic E-state index is -0.105. The molecule has 2 aromatic rings. The van der Waals surface area contributed by atoms with Crippen molar-refractivity contribution in [3.8, 4) is 11.6 Å². The minimum absolute atomic E-state index is 0. The summed E-state index contributed by atoms with van der Waals surface area (Å²) in [5.41, 5.74) is 3.06. The van der Waals surface area contributed by atoms with Crippen molar-refractivity contribution < 1.29 is 9.53 Å². The van der Waals surface area contributed by atoms with Crippen LogP contribution in [0.15, 0.2) is 36.5 Å². The topological polar surface area (TPSA) is 66.5 Å². The summed E-state index contributed by atoms with van der Waals surface area (Å²) >= 11 is 0. The second kappa shape index (κ2) is 12.7. The third-order valence-corrected chi connectivity index (χ3v) is 5.01. The molecule has 8 heteroatoms. The fraction of sp³-hybridized carbons (Fsp3) is 0.455. The van der Waals surface area contributed by atoms with E-state index >= 15 is 0 Å². The normalized spacial score (nSPS) is 13.9. The molecule has 1 amide bonds. The smallest absolute Gasteiger partial charge is 0.252 e. The van der Waals surface area contributed by atoms with Crippen molar-refractivity contribution in [3.63, 3.8) is 0 Å². The number of rotatable bonds is 7. The Balaban J connectivity index is 0.00000225. The van der Waals surface area contributed by atoms with Crippen LogP contribution < -0.4 is 15.4 Å². The third kappa shape index (κ3) is 7.43. The molecule has 0 radical (unpaired) electrons. The summed E-state index contributed by atoms with van der Waals surface area (Å²) in [7, 11) is 0. The first kappa shape index (κ1) is 26.2. The van der Waals surface area contributed by atoms with E-state index in [1.54, 1.807) is 18.3 Å². The molecule has 1 aliphatic heterocycles. The first-order chi connectivity index (χ1) is 13.5. The second-order valence-corrected chi connectivity index (χ2v) is 7.51. The van der Waals surface area contributed by atoms with Crippen LogP contribution in [0.1, 0.15) is 41.3 Å². The van der Waals surface area contributed by atoms with Gasteiger partial charge in [0, 0.05) is 51.5 Å². The van der Waals surface area contributed by atoms with Gasteiger partial charge in [0.1, 0.15) is 5.75 Å². The van der Waals surface area contributed by atoms with Crippen molar-refractivity contribution in [2.45, 2.75) is 26.7 Å². The molecule has 30 heavy (non-hydrogen) atoms. The predicted octanol–water partition coefficient (Wildman–Crippen LogP) is 3.78. The van der Waals surface area contributed by atoms with Gasteiger partial charge in [-0.3, -0.25) is 9.69 Å². The summed E-state index contributed by atoms with van der Waals surface area (Å²) in [6.07, 6.45) is 1.56.